The molecule has 1 saturated carbocycles. The minimum Gasteiger partial charge on any atom is -0.484 e. The molecular formula is C32H36Cl2N2O3. The van der Waals surface area contributed by atoms with Crippen molar-refractivity contribution in [3.8, 4) is 5.75 Å². The third kappa shape index (κ3) is 8.23. The van der Waals surface area contributed by atoms with Crippen molar-refractivity contribution in [1.82, 2.24) is 10.2 Å². The zero-order valence-electron chi connectivity index (χ0n) is 22.4. The van der Waals surface area contributed by atoms with E-state index in [4.69, 9.17) is 27.9 Å². The third-order valence-corrected chi connectivity index (χ3v) is 8.01. The van der Waals surface area contributed by atoms with E-state index in [1.54, 1.807) is 23.1 Å². The van der Waals surface area contributed by atoms with Crippen molar-refractivity contribution in [3.05, 3.63) is 99.5 Å². The molecule has 0 aliphatic heterocycles. The van der Waals surface area contributed by atoms with E-state index in [0.29, 0.717) is 27.8 Å². The third-order valence-electron chi connectivity index (χ3n) is 7.31. The van der Waals surface area contributed by atoms with Crippen LogP contribution in [0.2, 0.25) is 10.0 Å². The summed E-state index contributed by atoms with van der Waals surface area (Å²) in [6.45, 7) is 1.96. The van der Waals surface area contributed by atoms with Crippen LogP contribution in [0.25, 0.3) is 0 Å². The Balaban J connectivity index is 1.63. The Hall–Kier alpha value is -3.02. The summed E-state index contributed by atoms with van der Waals surface area (Å²) < 4.78 is 5.89. The van der Waals surface area contributed by atoms with E-state index in [9.17, 15) is 9.59 Å². The lowest BCUT2D eigenvalue weighted by Gasteiger charge is -2.33. The van der Waals surface area contributed by atoms with Crippen molar-refractivity contribution in [1.29, 1.82) is 0 Å². The standard InChI is InChI=1S/C32H36Cl2N2O3/c1-2-23-16-18-26(19-17-23)39-22-31(37)36(21-27-28(33)14-9-15-29(27)34)30(20-24-10-5-3-6-11-24)32(38)35-25-12-7-4-8-13-25/h3,5-6,9-11,14-19,25,30H,2,4,7-8,12-13,20-22H2,1H3,(H,35,38)/t30-/m1/s1. The summed E-state index contributed by atoms with van der Waals surface area (Å²) >= 11 is 13.1. The number of amides is 2. The molecule has 0 aromatic heterocycles. The summed E-state index contributed by atoms with van der Waals surface area (Å²) in [6.07, 6.45) is 6.55. The first-order valence-electron chi connectivity index (χ1n) is 13.7. The number of benzene rings is 3. The van der Waals surface area contributed by atoms with Crippen LogP contribution in [-0.4, -0.2) is 35.4 Å². The number of ether oxygens (including phenoxy) is 1. The number of rotatable bonds is 11. The molecule has 0 saturated heterocycles. The van der Waals surface area contributed by atoms with Gasteiger partial charge in [-0.1, -0.05) is 97.9 Å². The zero-order valence-corrected chi connectivity index (χ0v) is 23.9. The van der Waals surface area contributed by atoms with Gasteiger partial charge in [0.1, 0.15) is 11.8 Å². The maximum Gasteiger partial charge on any atom is 0.261 e. The number of hydrogen-bond donors (Lipinski definition) is 1. The first-order chi connectivity index (χ1) is 18.9. The van der Waals surface area contributed by atoms with Gasteiger partial charge in [0.25, 0.3) is 5.91 Å². The quantitative estimate of drug-likeness (QED) is 0.271. The van der Waals surface area contributed by atoms with E-state index in [2.05, 4.69) is 12.2 Å². The summed E-state index contributed by atoms with van der Waals surface area (Å²) in [5.41, 5.74) is 2.75. The Morgan fingerprint density at radius 1 is 0.897 bits per heavy atom. The minimum absolute atomic E-state index is 0.0884. The molecule has 7 heteroatoms. The summed E-state index contributed by atoms with van der Waals surface area (Å²) in [5.74, 6) is 0.113. The largest absolute Gasteiger partial charge is 0.484 e. The van der Waals surface area contributed by atoms with Gasteiger partial charge in [-0.25, -0.2) is 0 Å². The van der Waals surface area contributed by atoms with E-state index in [-0.39, 0.29) is 31.0 Å². The van der Waals surface area contributed by atoms with Crippen LogP contribution in [0, 0.1) is 0 Å². The van der Waals surface area contributed by atoms with Gasteiger partial charge in [0.05, 0.1) is 0 Å². The smallest absolute Gasteiger partial charge is 0.261 e. The van der Waals surface area contributed by atoms with E-state index in [0.717, 1.165) is 37.7 Å². The highest BCUT2D eigenvalue weighted by molar-refractivity contribution is 6.36. The van der Waals surface area contributed by atoms with Crippen LogP contribution in [0.3, 0.4) is 0 Å². The topological polar surface area (TPSA) is 58.6 Å². The summed E-state index contributed by atoms with van der Waals surface area (Å²) in [4.78, 5) is 29.3. The van der Waals surface area contributed by atoms with Gasteiger partial charge in [-0.15, -0.1) is 0 Å². The Morgan fingerprint density at radius 2 is 1.56 bits per heavy atom. The van der Waals surface area contributed by atoms with Crippen molar-refractivity contribution < 1.29 is 14.3 Å². The highest BCUT2D eigenvalue weighted by Gasteiger charge is 2.33. The van der Waals surface area contributed by atoms with Crippen molar-refractivity contribution >= 4 is 35.0 Å². The summed E-state index contributed by atoms with van der Waals surface area (Å²) in [7, 11) is 0. The predicted octanol–water partition coefficient (Wildman–Crippen LogP) is 7.02. The molecule has 1 aliphatic rings. The maximum absolute atomic E-state index is 13.9. The second-order valence-electron chi connectivity index (χ2n) is 10.1. The molecule has 3 aromatic carbocycles. The Kier molecular flexibility index (Phi) is 10.7. The Labute approximate surface area is 241 Å². The van der Waals surface area contributed by atoms with Gasteiger partial charge in [0.2, 0.25) is 5.91 Å². The SMILES string of the molecule is CCc1ccc(OCC(=O)N(Cc2c(Cl)cccc2Cl)[C@H](Cc2ccccc2)C(=O)NC2CCCCC2)cc1. The van der Waals surface area contributed by atoms with Gasteiger partial charge < -0.3 is 15.0 Å². The molecule has 39 heavy (non-hydrogen) atoms. The molecule has 0 unspecified atom stereocenters. The van der Waals surface area contributed by atoms with Gasteiger partial charge in [-0.3, -0.25) is 9.59 Å². The Bertz CT molecular complexity index is 1210. The van der Waals surface area contributed by atoms with E-state index in [1.165, 1.54) is 12.0 Å². The molecular weight excluding hydrogens is 531 g/mol. The average Bonchev–Trinajstić information content (AvgIpc) is 2.96. The zero-order chi connectivity index (χ0) is 27.6. The molecule has 5 nitrogen and oxygen atoms in total. The molecule has 1 N–H and O–H groups in total. The number of carbonyl (C=O) groups is 2. The van der Waals surface area contributed by atoms with E-state index < -0.39 is 6.04 Å². The fraction of sp³-hybridized carbons (Fsp3) is 0.375. The average molecular weight is 568 g/mol. The number of hydrogen-bond acceptors (Lipinski definition) is 3. The van der Waals surface area contributed by atoms with Crippen molar-refractivity contribution in [3.63, 3.8) is 0 Å². The first kappa shape index (κ1) is 29.0. The van der Waals surface area contributed by atoms with Crippen LogP contribution in [0.5, 0.6) is 5.75 Å². The van der Waals surface area contributed by atoms with Crippen molar-refractivity contribution in [2.75, 3.05) is 6.61 Å². The molecule has 1 fully saturated rings. The van der Waals surface area contributed by atoms with Gasteiger partial charge in [0, 0.05) is 34.6 Å². The molecule has 3 aromatic rings. The number of carbonyl (C=O) groups excluding carboxylic acids is 2. The maximum atomic E-state index is 13.9. The molecule has 4 rings (SSSR count). The highest BCUT2D eigenvalue weighted by Crippen LogP contribution is 2.28. The molecule has 1 aliphatic carbocycles. The van der Waals surface area contributed by atoms with Gasteiger partial charge in [-0.2, -0.15) is 0 Å². The molecule has 1 atom stereocenters. The minimum atomic E-state index is -0.764. The second-order valence-corrected chi connectivity index (χ2v) is 10.9. The molecule has 206 valence electrons. The predicted molar refractivity (Wildman–Crippen MR) is 157 cm³/mol. The molecule has 0 bridgehead atoms. The number of nitrogens with one attached hydrogen (secondary N) is 1. The van der Waals surface area contributed by atoms with Gasteiger partial charge >= 0.3 is 0 Å². The lowest BCUT2D eigenvalue weighted by molar-refractivity contribution is -0.143. The number of nitrogens with zero attached hydrogens (tertiary/aromatic N) is 1. The van der Waals surface area contributed by atoms with Crippen LogP contribution in [0.1, 0.15) is 55.7 Å². The fourth-order valence-electron chi connectivity index (χ4n) is 5.00. The first-order valence-corrected chi connectivity index (χ1v) is 14.5. The van der Waals surface area contributed by atoms with Crippen LogP contribution in [0.4, 0.5) is 0 Å². The van der Waals surface area contributed by atoms with Gasteiger partial charge in [0.15, 0.2) is 6.61 Å². The summed E-state index contributed by atoms with van der Waals surface area (Å²) in [5, 5.41) is 4.13. The van der Waals surface area contributed by atoms with E-state index in [1.807, 2.05) is 54.6 Å². The monoisotopic (exact) mass is 566 g/mol. The molecule has 0 radical (unpaired) electrons. The van der Waals surface area contributed by atoms with Crippen LogP contribution in [0.15, 0.2) is 72.8 Å². The normalized spacial score (nSPS) is 14.4. The molecule has 0 spiro atoms. The van der Waals surface area contributed by atoms with E-state index >= 15 is 0 Å². The second kappa shape index (κ2) is 14.4. The van der Waals surface area contributed by atoms with Crippen molar-refractivity contribution in [2.45, 2.75) is 70.5 Å². The lowest BCUT2D eigenvalue weighted by atomic mass is 9.94. The molecule has 2 amide bonds. The number of halogens is 2. The lowest BCUT2D eigenvalue weighted by Crippen LogP contribution is -2.53. The van der Waals surface area contributed by atoms with Crippen LogP contribution in [-0.2, 0) is 29.0 Å². The van der Waals surface area contributed by atoms with Crippen LogP contribution >= 0.6 is 23.2 Å². The summed E-state index contributed by atoms with van der Waals surface area (Å²) in [6, 6.07) is 22.0. The van der Waals surface area contributed by atoms with Crippen molar-refractivity contribution in [2.24, 2.45) is 0 Å². The Morgan fingerprint density at radius 3 is 2.21 bits per heavy atom. The highest BCUT2D eigenvalue weighted by atomic mass is 35.5. The molecule has 0 heterocycles. The fourth-order valence-corrected chi connectivity index (χ4v) is 5.52. The number of aryl methyl sites for hydroxylation is 1. The van der Waals surface area contributed by atoms with Gasteiger partial charge in [-0.05, 0) is 54.7 Å². The van der Waals surface area contributed by atoms with Crippen LogP contribution < -0.4 is 10.1 Å².